The van der Waals surface area contributed by atoms with Gasteiger partial charge >= 0.3 is 0 Å². The molecule has 1 heterocycles. The van der Waals surface area contributed by atoms with Gasteiger partial charge in [-0.25, -0.2) is 9.97 Å². The topological polar surface area (TPSA) is 80.9 Å². The van der Waals surface area contributed by atoms with Gasteiger partial charge in [-0.3, -0.25) is 4.79 Å². The SMILES string of the molecule is Cc1ccccc1C(C)NC(=O)c1nccnc1N. The Kier molecular flexibility index (Phi) is 3.75. The Morgan fingerprint density at radius 2 is 1.95 bits per heavy atom. The summed E-state index contributed by atoms with van der Waals surface area (Å²) >= 11 is 0. The molecule has 0 aliphatic heterocycles. The molecule has 0 aliphatic rings. The van der Waals surface area contributed by atoms with Crippen molar-refractivity contribution in [3.63, 3.8) is 0 Å². The van der Waals surface area contributed by atoms with E-state index in [1.165, 1.54) is 12.4 Å². The first-order valence-electron chi connectivity index (χ1n) is 6.02. The van der Waals surface area contributed by atoms with Gasteiger partial charge in [-0.15, -0.1) is 0 Å². The summed E-state index contributed by atoms with van der Waals surface area (Å²) in [6.07, 6.45) is 2.90. The quantitative estimate of drug-likeness (QED) is 0.878. The number of carbonyl (C=O) groups is 1. The molecule has 1 amide bonds. The lowest BCUT2D eigenvalue weighted by Crippen LogP contribution is -2.28. The Labute approximate surface area is 111 Å². The van der Waals surface area contributed by atoms with Gasteiger partial charge in [0.2, 0.25) is 0 Å². The van der Waals surface area contributed by atoms with E-state index in [0.29, 0.717) is 0 Å². The van der Waals surface area contributed by atoms with Crippen LogP contribution in [0.2, 0.25) is 0 Å². The summed E-state index contributed by atoms with van der Waals surface area (Å²) in [5.74, 6) is -0.182. The number of amides is 1. The largest absolute Gasteiger partial charge is 0.382 e. The van der Waals surface area contributed by atoms with Crippen LogP contribution >= 0.6 is 0 Å². The summed E-state index contributed by atoms with van der Waals surface area (Å²) in [5, 5.41) is 2.87. The van der Waals surface area contributed by atoms with Crippen molar-refractivity contribution in [1.29, 1.82) is 0 Å². The summed E-state index contributed by atoms with van der Waals surface area (Å²) in [6, 6.07) is 7.79. The van der Waals surface area contributed by atoms with Crippen LogP contribution in [0.4, 0.5) is 5.82 Å². The zero-order chi connectivity index (χ0) is 13.8. The van der Waals surface area contributed by atoms with Gasteiger partial charge in [0.15, 0.2) is 11.5 Å². The van der Waals surface area contributed by atoms with Crippen LogP contribution in [-0.4, -0.2) is 15.9 Å². The highest BCUT2D eigenvalue weighted by Gasteiger charge is 2.16. The van der Waals surface area contributed by atoms with Gasteiger partial charge in [-0.05, 0) is 25.0 Å². The molecule has 5 heteroatoms. The van der Waals surface area contributed by atoms with Crippen LogP contribution in [0, 0.1) is 6.92 Å². The maximum absolute atomic E-state index is 12.1. The van der Waals surface area contributed by atoms with E-state index in [4.69, 9.17) is 5.73 Å². The van der Waals surface area contributed by atoms with E-state index in [1.54, 1.807) is 0 Å². The number of anilines is 1. The summed E-state index contributed by atoms with van der Waals surface area (Å²) in [4.78, 5) is 19.9. The molecular formula is C14H16N4O. The van der Waals surface area contributed by atoms with E-state index in [1.807, 2.05) is 38.1 Å². The van der Waals surface area contributed by atoms with E-state index < -0.39 is 0 Å². The minimum absolute atomic E-state index is 0.116. The number of hydrogen-bond acceptors (Lipinski definition) is 4. The lowest BCUT2D eigenvalue weighted by atomic mass is 10.0. The van der Waals surface area contributed by atoms with Gasteiger partial charge in [0, 0.05) is 12.4 Å². The lowest BCUT2D eigenvalue weighted by molar-refractivity contribution is 0.0935. The number of nitrogens with two attached hydrogens (primary N) is 1. The minimum Gasteiger partial charge on any atom is -0.382 e. The molecule has 0 saturated carbocycles. The normalized spacial score (nSPS) is 11.9. The molecular weight excluding hydrogens is 240 g/mol. The van der Waals surface area contributed by atoms with Crippen LogP contribution in [-0.2, 0) is 0 Å². The highest BCUT2D eigenvalue weighted by molar-refractivity contribution is 5.96. The van der Waals surface area contributed by atoms with Gasteiger partial charge < -0.3 is 11.1 Å². The summed E-state index contributed by atoms with van der Waals surface area (Å²) in [5.41, 5.74) is 7.98. The number of nitrogen functional groups attached to an aromatic ring is 1. The molecule has 0 saturated heterocycles. The molecule has 1 aromatic heterocycles. The molecule has 0 bridgehead atoms. The van der Waals surface area contributed by atoms with Crippen LogP contribution < -0.4 is 11.1 Å². The molecule has 5 nitrogen and oxygen atoms in total. The Morgan fingerprint density at radius 1 is 1.26 bits per heavy atom. The highest BCUT2D eigenvalue weighted by Crippen LogP contribution is 2.17. The molecule has 0 radical (unpaired) electrons. The molecule has 1 aromatic carbocycles. The van der Waals surface area contributed by atoms with Crippen LogP contribution in [0.25, 0.3) is 0 Å². The molecule has 3 N–H and O–H groups in total. The molecule has 98 valence electrons. The van der Waals surface area contributed by atoms with Crippen LogP contribution in [0.1, 0.15) is 34.6 Å². The molecule has 1 unspecified atom stereocenters. The van der Waals surface area contributed by atoms with E-state index in [-0.39, 0.29) is 23.5 Å². The Balaban J connectivity index is 2.16. The van der Waals surface area contributed by atoms with Crippen molar-refractivity contribution in [1.82, 2.24) is 15.3 Å². The number of aryl methyl sites for hydroxylation is 1. The zero-order valence-electron chi connectivity index (χ0n) is 10.9. The maximum Gasteiger partial charge on any atom is 0.274 e. The number of rotatable bonds is 3. The summed E-state index contributed by atoms with van der Waals surface area (Å²) in [7, 11) is 0. The minimum atomic E-state index is -0.318. The smallest absolute Gasteiger partial charge is 0.274 e. The number of aromatic nitrogens is 2. The monoisotopic (exact) mass is 256 g/mol. The molecule has 2 rings (SSSR count). The highest BCUT2D eigenvalue weighted by atomic mass is 16.2. The Hall–Kier alpha value is -2.43. The second-order valence-corrected chi connectivity index (χ2v) is 4.34. The standard InChI is InChI=1S/C14H16N4O/c1-9-5-3-4-6-11(9)10(2)18-14(19)12-13(15)17-8-7-16-12/h3-8,10H,1-2H3,(H2,15,17)(H,18,19). The molecule has 0 spiro atoms. The summed E-state index contributed by atoms with van der Waals surface area (Å²) in [6.45, 7) is 3.93. The molecule has 2 aromatic rings. The third-order valence-corrected chi connectivity index (χ3v) is 2.94. The molecule has 0 fully saturated rings. The lowest BCUT2D eigenvalue weighted by Gasteiger charge is -2.16. The van der Waals surface area contributed by atoms with Crippen LogP contribution in [0.5, 0.6) is 0 Å². The van der Waals surface area contributed by atoms with Crippen molar-refractivity contribution in [2.45, 2.75) is 19.9 Å². The van der Waals surface area contributed by atoms with Gasteiger partial charge in [-0.2, -0.15) is 0 Å². The molecule has 19 heavy (non-hydrogen) atoms. The molecule has 1 atom stereocenters. The van der Waals surface area contributed by atoms with Crippen molar-refractivity contribution in [2.75, 3.05) is 5.73 Å². The zero-order valence-corrected chi connectivity index (χ0v) is 10.9. The first-order chi connectivity index (χ1) is 9.09. The predicted octanol–water partition coefficient (Wildman–Crippen LogP) is 1.86. The number of nitrogens with one attached hydrogen (secondary N) is 1. The van der Waals surface area contributed by atoms with Gasteiger partial charge in [0.1, 0.15) is 0 Å². The van der Waals surface area contributed by atoms with Crippen molar-refractivity contribution in [2.24, 2.45) is 0 Å². The first-order valence-corrected chi connectivity index (χ1v) is 6.02. The first kappa shape index (κ1) is 13.0. The summed E-state index contributed by atoms with van der Waals surface area (Å²) < 4.78 is 0. The maximum atomic E-state index is 12.1. The fraction of sp³-hybridized carbons (Fsp3) is 0.214. The van der Waals surface area contributed by atoms with Crippen molar-refractivity contribution >= 4 is 11.7 Å². The van der Waals surface area contributed by atoms with Gasteiger partial charge in [-0.1, -0.05) is 24.3 Å². The number of hydrogen-bond donors (Lipinski definition) is 2. The van der Waals surface area contributed by atoms with Crippen LogP contribution in [0.15, 0.2) is 36.7 Å². The number of carbonyl (C=O) groups excluding carboxylic acids is 1. The molecule has 0 aliphatic carbocycles. The van der Waals surface area contributed by atoms with Crippen molar-refractivity contribution in [3.8, 4) is 0 Å². The van der Waals surface area contributed by atoms with Gasteiger partial charge in [0.25, 0.3) is 5.91 Å². The number of benzene rings is 1. The van der Waals surface area contributed by atoms with Gasteiger partial charge in [0.05, 0.1) is 6.04 Å². The number of nitrogens with zero attached hydrogens (tertiary/aromatic N) is 2. The fourth-order valence-electron chi connectivity index (χ4n) is 1.94. The van der Waals surface area contributed by atoms with E-state index >= 15 is 0 Å². The van der Waals surface area contributed by atoms with E-state index in [0.717, 1.165) is 11.1 Å². The average molecular weight is 256 g/mol. The second-order valence-electron chi connectivity index (χ2n) is 4.34. The Bertz CT molecular complexity index is 598. The van der Waals surface area contributed by atoms with Crippen LogP contribution in [0.3, 0.4) is 0 Å². The Morgan fingerprint density at radius 3 is 2.63 bits per heavy atom. The third kappa shape index (κ3) is 2.88. The second kappa shape index (κ2) is 5.48. The average Bonchev–Trinajstić information content (AvgIpc) is 2.39. The third-order valence-electron chi connectivity index (χ3n) is 2.94. The fourth-order valence-corrected chi connectivity index (χ4v) is 1.94. The van der Waals surface area contributed by atoms with Crippen molar-refractivity contribution < 1.29 is 4.79 Å². The van der Waals surface area contributed by atoms with Crippen molar-refractivity contribution in [3.05, 3.63) is 53.5 Å². The van der Waals surface area contributed by atoms with E-state index in [2.05, 4.69) is 15.3 Å². The van der Waals surface area contributed by atoms with E-state index in [9.17, 15) is 4.79 Å². The predicted molar refractivity (Wildman–Crippen MR) is 73.5 cm³/mol.